The molecule has 1 aromatic heterocycles. The first-order valence-corrected chi connectivity index (χ1v) is 7.25. The van der Waals surface area contributed by atoms with Crippen molar-refractivity contribution in [3.63, 3.8) is 0 Å². The lowest BCUT2D eigenvalue weighted by molar-refractivity contribution is 0.591. The third-order valence-corrected chi connectivity index (χ3v) is 4.59. The van der Waals surface area contributed by atoms with E-state index in [9.17, 15) is 0 Å². The van der Waals surface area contributed by atoms with Gasteiger partial charge >= 0.3 is 0 Å². The zero-order chi connectivity index (χ0) is 12.4. The molecule has 3 heteroatoms. The average molecular weight is 268 g/mol. The largest absolute Gasteiger partial charge is 0.310 e. The molecule has 0 saturated carbocycles. The van der Waals surface area contributed by atoms with Crippen molar-refractivity contribution in [3.8, 4) is 0 Å². The molecule has 0 radical (unpaired) electrons. The number of halogens is 1. The summed E-state index contributed by atoms with van der Waals surface area (Å²) in [6.07, 6.45) is 1.06. The predicted octanol–water partition coefficient (Wildman–Crippen LogP) is 4.62. The molecule has 2 rings (SSSR count). The van der Waals surface area contributed by atoms with Gasteiger partial charge in [-0.25, -0.2) is 0 Å². The molecule has 1 aromatic carbocycles. The molecule has 1 N–H and O–H groups in total. The van der Waals surface area contributed by atoms with Crippen molar-refractivity contribution in [2.24, 2.45) is 0 Å². The minimum atomic E-state index is 0.514. The first-order chi connectivity index (χ1) is 8.13. The lowest BCUT2D eigenvalue weighted by Crippen LogP contribution is -2.21. The lowest BCUT2D eigenvalue weighted by atomic mass is 10.1. The molecule has 92 valence electrons. The van der Waals surface area contributed by atoms with Gasteiger partial charge in [0.1, 0.15) is 0 Å². The number of aryl methyl sites for hydroxylation is 1. The summed E-state index contributed by atoms with van der Waals surface area (Å²) in [5.74, 6) is 0. The fourth-order valence-corrected chi connectivity index (χ4v) is 3.55. The summed E-state index contributed by atoms with van der Waals surface area (Å²) in [6, 6.07) is 6.70. The second-order valence-corrected chi connectivity index (χ2v) is 6.02. The number of benzene rings is 1. The molecular weight excluding hydrogens is 250 g/mol. The van der Waals surface area contributed by atoms with Crippen molar-refractivity contribution in [3.05, 3.63) is 33.7 Å². The molecule has 0 spiro atoms. The molecular formula is C14H18ClNS. The van der Waals surface area contributed by atoms with Crippen LogP contribution in [0.15, 0.2) is 18.2 Å². The summed E-state index contributed by atoms with van der Waals surface area (Å²) in [5.41, 5.74) is 1.45. The molecule has 0 atom stereocenters. The third-order valence-electron chi connectivity index (χ3n) is 2.88. The number of nitrogens with one attached hydrogen (secondary N) is 1. The van der Waals surface area contributed by atoms with Gasteiger partial charge in [-0.3, -0.25) is 0 Å². The Bertz CT molecular complexity index is 516. The smallest absolute Gasteiger partial charge is 0.0584 e. The van der Waals surface area contributed by atoms with E-state index in [1.807, 2.05) is 23.5 Å². The van der Waals surface area contributed by atoms with Crippen LogP contribution >= 0.6 is 22.9 Å². The van der Waals surface area contributed by atoms with E-state index in [0.717, 1.165) is 18.0 Å². The quantitative estimate of drug-likeness (QED) is 0.853. The van der Waals surface area contributed by atoms with Gasteiger partial charge in [0.15, 0.2) is 0 Å². The van der Waals surface area contributed by atoms with Crippen LogP contribution in [-0.4, -0.2) is 6.04 Å². The van der Waals surface area contributed by atoms with Crippen LogP contribution in [-0.2, 0) is 13.0 Å². The van der Waals surface area contributed by atoms with Crippen molar-refractivity contribution in [2.75, 3.05) is 0 Å². The Morgan fingerprint density at radius 3 is 2.76 bits per heavy atom. The second kappa shape index (κ2) is 5.38. The van der Waals surface area contributed by atoms with E-state index in [1.165, 1.54) is 20.5 Å². The number of rotatable bonds is 4. The highest BCUT2D eigenvalue weighted by Crippen LogP contribution is 2.36. The molecule has 0 aliphatic carbocycles. The first kappa shape index (κ1) is 12.9. The molecule has 0 fully saturated rings. The maximum Gasteiger partial charge on any atom is 0.0584 e. The maximum absolute atomic E-state index is 6.25. The number of thiophene rings is 1. The topological polar surface area (TPSA) is 12.0 Å². The van der Waals surface area contributed by atoms with Gasteiger partial charge in [0.25, 0.3) is 0 Å². The van der Waals surface area contributed by atoms with E-state index >= 15 is 0 Å². The first-order valence-electron chi connectivity index (χ1n) is 6.05. The van der Waals surface area contributed by atoms with Gasteiger partial charge in [0.05, 0.1) is 9.72 Å². The molecule has 17 heavy (non-hydrogen) atoms. The van der Waals surface area contributed by atoms with Crippen LogP contribution in [0.1, 0.15) is 31.2 Å². The SMILES string of the molecule is CCc1c(CNC(C)C)sc2c(Cl)cccc12. The summed E-state index contributed by atoms with van der Waals surface area (Å²) in [7, 11) is 0. The Morgan fingerprint density at radius 2 is 2.12 bits per heavy atom. The van der Waals surface area contributed by atoms with Gasteiger partial charge < -0.3 is 5.32 Å². The fraction of sp³-hybridized carbons (Fsp3) is 0.429. The van der Waals surface area contributed by atoms with Crippen molar-refractivity contribution >= 4 is 33.0 Å². The summed E-state index contributed by atoms with van der Waals surface area (Å²) in [6.45, 7) is 7.50. The number of hydrogen-bond acceptors (Lipinski definition) is 2. The lowest BCUT2D eigenvalue weighted by Gasteiger charge is -2.07. The highest BCUT2D eigenvalue weighted by atomic mass is 35.5. The Kier molecular flexibility index (Phi) is 4.08. The minimum Gasteiger partial charge on any atom is -0.310 e. The van der Waals surface area contributed by atoms with Gasteiger partial charge in [-0.05, 0) is 23.4 Å². The van der Waals surface area contributed by atoms with E-state index in [4.69, 9.17) is 11.6 Å². The Balaban J connectivity index is 2.44. The number of hydrogen-bond donors (Lipinski definition) is 1. The van der Waals surface area contributed by atoms with Crippen LogP contribution in [0, 0.1) is 0 Å². The van der Waals surface area contributed by atoms with E-state index in [-0.39, 0.29) is 0 Å². The van der Waals surface area contributed by atoms with Gasteiger partial charge in [0.2, 0.25) is 0 Å². The number of fused-ring (bicyclic) bond motifs is 1. The van der Waals surface area contributed by atoms with Crippen LogP contribution in [0.4, 0.5) is 0 Å². The highest BCUT2D eigenvalue weighted by Gasteiger charge is 2.12. The molecule has 1 nitrogen and oxygen atoms in total. The van der Waals surface area contributed by atoms with Crippen LogP contribution in [0.2, 0.25) is 5.02 Å². The standard InChI is InChI=1S/C14H18ClNS/c1-4-10-11-6-5-7-12(15)14(11)17-13(10)8-16-9(2)3/h5-7,9,16H,4,8H2,1-3H3. The Hall–Kier alpha value is -0.570. The van der Waals surface area contributed by atoms with Crippen molar-refractivity contribution in [2.45, 2.75) is 39.8 Å². The zero-order valence-electron chi connectivity index (χ0n) is 10.5. The molecule has 2 aromatic rings. The van der Waals surface area contributed by atoms with Gasteiger partial charge in [-0.2, -0.15) is 0 Å². The normalized spacial score (nSPS) is 11.6. The predicted molar refractivity (Wildman–Crippen MR) is 78.2 cm³/mol. The zero-order valence-corrected chi connectivity index (χ0v) is 12.1. The molecule has 0 aliphatic rings. The van der Waals surface area contributed by atoms with Crippen molar-refractivity contribution < 1.29 is 0 Å². The highest BCUT2D eigenvalue weighted by molar-refractivity contribution is 7.20. The summed E-state index contributed by atoms with van der Waals surface area (Å²) in [5, 5.41) is 5.68. The Labute approximate surface area is 112 Å². The molecule has 0 amide bonds. The Morgan fingerprint density at radius 1 is 1.35 bits per heavy atom. The van der Waals surface area contributed by atoms with E-state index in [0.29, 0.717) is 6.04 Å². The van der Waals surface area contributed by atoms with E-state index < -0.39 is 0 Å². The van der Waals surface area contributed by atoms with E-state index in [2.05, 4.69) is 32.2 Å². The third kappa shape index (κ3) is 2.65. The maximum atomic E-state index is 6.25. The fourth-order valence-electron chi connectivity index (χ4n) is 2.01. The molecule has 1 heterocycles. The van der Waals surface area contributed by atoms with E-state index in [1.54, 1.807) is 0 Å². The summed E-state index contributed by atoms with van der Waals surface area (Å²) in [4.78, 5) is 1.42. The van der Waals surface area contributed by atoms with Crippen LogP contribution in [0.3, 0.4) is 0 Å². The summed E-state index contributed by atoms with van der Waals surface area (Å²) >= 11 is 8.07. The second-order valence-electron chi connectivity index (χ2n) is 4.51. The van der Waals surface area contributed by atoms with Crippen molar-refractivity contribution in [1.29, 1.82) is 0 Å². The van der Waals surface area contributed by atoms with Gasteiger partial charge in [-0.15, -0.1) is 11.3 Å². The molecule has 0 aliphatic heterocycles. The average Bonchev–Trinajstić information content (AvgIpc) is 2.65. The molecule has 0 saturated heterocycles. The van der Waals surface area contributed by atoms with Gasteiger partial charge in [-0.1, -0.05) is 44.5 Å². The molecule has 0 unspecified atom stereocenters. The van der Waals surface area contributed by atoms with Crippen molar-refractivity contribution in [1.82, 2.24) is 5.32 Å². The van der Waals surface area contributed by atoms with Gasteiger partial charge in [0, 0.05) is 17.5 Å². The monoisotopic (exact) mass is 267 g/mol. The van der Waals surface area contributed by atoms with Crippen LogP contribution in [0.25, 0.3) is 10.1 Å². The summed E-state index contributed by atoms with van der Waals surface area (Å²) < 4.78 is 1.23. The van der Waals surface area contributed by atoms with Crippen LogP contribution < -0.4 is 5.32 Å². The molecule has 0 bridgehead atoms. The minimum absolute atomic E-state index is 0.514. The van der Waals surface area contributed by atoms with Crippen LogP contribution in [0.5, 0.6) is 0 Å².